The fourth-order valence-corrected chi connectivity index (χ4v) is 4.66. The lowest BCUT2D eigenvalue weighted by Crippen LogP contribution is -2.38. The average molecular weight is 532 g/mol. The number of hydrogen-bond acceptors (Lipinski definition) is 6. The predicted octanol–water partition coefficient (Wildman–Crippen LogP) is 3.12. The molecule has 0 radical (unpaired) electrons. The van der Waals surface area contributed by atoms with Gasteiger partial charge in [0.2, 0.25) is 10.0 Å². The van der Waals surface area contributed by atoms with Crippen LogP contribution in [0.25, 0.3) is 0 Å². The van der Waals surface area contributed by atoms with Crippen molar-refractivity contribution < 1.29 is 26.7 Å². The highest BCUT2D eigenvalue weighted by Crippen LogP contribution is 2.26. The molecule has 0 unspecified atom stereocenters. The second kappa shape index (κ2) is 9.06. The van der Waals surface area contributed by atoms with Gasteiger partial charge >= 0.3 is 5.97 Å². The number of rotatable bonds is 7. The van der Waals surface area contributed by atoms with Crippen LogP contribution in [-0.2, 0) is 20.5 Å². The SMILES string of the molecule is COC(=O)c1nccnc1N(CC(F)F)S(=O)(=O)Cc1ccc(I)cc1Cl. The molecule has 1 heterocycles. The van der Waals surface area contributed by atoms with Gasteiger partial charge in [-0.3, -0.25) is 0 Å². The largest absolute Gasteiger partial charge is 0.464 e. The normalized spacial score (nSPS) is 11.5. The van der Waals surface area contributed by atoms with Gasteiger partial charge in [0.15, 0.2) is 11.5 Å². The van der Waals surface area contributed by atoms with Crippen molar-refractivity contribution in [1.82, 2.24) is 9.97 Å². The molecule has 7 nitrogen and oxygen atoms in total. The van der Waals surface area contributed by atoms with Crippen LogP contribution < -0.4 is 4.31 Å². The molecular weight excluding hydrogens is 519 g/mol. The van der Waals surface area contributed by atoms with E-state index >= 15 is 0 Å². The molecule has 0 amide bonds. The number of esters is 1. The summed E-state index contributed by atoms with van der Waals surface area (Å²) >= 11 is 8.06. The molecule has 0 atom stereocenters. The highest BCUT2D eigenvalue weighted by molar-refractivity contribution is 14.1. The van der Waals surface area contributed by atoms with Crippen LogP contribution in [0.15, 0.2) is 30.6 Å². The Hall–Kier alpha value is -1.60. The van der Waals surface area contributed by atoms with Crippen LogP contribution in [0.4, 0.5) is 14.6 Å². The molecule has 0 aliphatic rings. The van der Waals surface area contributed by atoms with Crippen LogP contribution in [0, 0.1) is 3.57 Å². The number of nitrogens with zero attached hydrogens (tertiary/aromatic N) is 3. The minimum Gasteiger partial charge on any atom is -0.464 e. The number of carbonyl (C=O) groups is 1. The van der Waals surface area contributed by atoms with Crippen LogP contribution in [0.1, 0.15) is 16.1 Å². The molecule has 12 heteroatoms. The average Bonchev–Trinajstić information content (AvgIpc) is 2.61. The van der Waals surface area contributed by atoms with E-state index in [0.29, 0.717) is 4.31 Å². The van der Waals surface area contributed by atoms with Gasteiger partial charge < -0.3 is 4.74 Å². The lowest BCUT2D eigenvalue weighted by atomic mass is 10.2. The van der Waals surface area contributed by atoms with Gasteiger partial charge in [0.05, 0.1) is 19.4 Å². The van der Waals surface area contributed by atoms with Gasteiger partial charge in [-0.15, -0.1) is 0 Å². The Morgan fingerprint density at radius 1 is 1.33 bits per heavy atom. The van der Waals surface area contributed by atoms with Gasteiger partial charge in [0, 0.05) is 21.0 Å². The molecule has 0 saturated carbocycles. The fraction of sp³-hybridized carbons (Fsp3) is 0.267. The minimum atomic E-state index is -4.37. The van der Waals surface area contributed by atoms with Crippen molar-refractivity contribution >= 4 is 56.0 Å². The molecule has 0 saturated heterocycles. The van der Waals surface area contributed by atoms with Crippen LogP contribution in [0.5, 0.6) is 0 Å². The van der Waals surface area contributed by atoms with E-state index < -0.39 is 46.2 Å². The highest BCUT2D eigenvalue weighted by atomic mass is 127. The highest BCUT2D eigenvalue weighted by Gasteiger charge is 2.32. The standard InChI is InChI=1S/C15H13ClF2IN3O4S/c1-26-15(23)13-14(21-5-4-20-13)22(7-12(17)18)27(24,25)8-9-2-3-10(19)6-11(9)16/h2-6,12H,7-8H2,1H3. The first-order valence-corrected chi connectivity index (χ1v) is 10.3. The Balaban J connectivity index is 2.51. The van der Waals surface area contributed by atoms with E-state index in [0.717, 1.165) is 23.1 Å². The Bertz CT molecular complexity index is 946. The van der Waals surface area contributed by atoms with E-state index in [-0.39, 0.29) is 10.6 Å². The van der Waals surface area contributed by atoms with Gasteiger partial charge in [-0.25, -0.2) is 36.3 Å². The number of halogens is 4. The molecule has 0 bridgehead atoms. The molecule has 0 aliphatic heterocycles. The maximum Gasteiger partial charge on any atom is 0.360 e. The summed E-state index contributed by atoms with van der Waals surface area (Å²) < 4.78 is 57.5. The second-order valence-electron chi connectivity index (χ2n) is 5.13. The summed E-state index contributed by atoms with van der Waals surface area (Å²) in [6.45, 7) is -1.20. The molecule has 1 aromatic carbocycles. The quantitative estimate of drug-likeness (QED) is 0.403. The molecule has 1 aromatic heterocycles. The van der Waals surface area contributed by atoms with E-state index in [1.807, 2.05) is 22.6 Å². The Morgan fingerprint density at radius 3 is 2.59 bits per heavy atom. The third-order valence-electron chi connectivity index (χ3n) is 3.29. The zero-order chi connectivity index (χ0) is 20.2. The molecule has 0 aliphatic carbocycles. The number of hydrogen-bond donors (Lipinski definition) is 0. The molecule has 2 rings (SSSR count). The number of anilines is 1. The maximum absolute atomic E-state index is 13.1. The van der Waals surface area contributed by atoms with E-state index in [4.69, 9.17) is 11.6 Å². The number of carbonyl (C=O) groups excluding carboxylic acids is 1. The van der Waals surface area contributed by atoms with Crippen molar-refractivity contribution in [2.75, 3.05) is 18.0 Å². The Labute approximate surface area is 172 Å². The Morgan fingerprint density at radius 2 is 2.00 bits per heavy atom. The number of alkyl halides is 2. The van der Waals surface area contributed by atoms with Gasteiger partial charge in [0.25, 0.3) is 6.43 Å². The van der Waals surface area contributed by atoms with Crippen molar-refractivity contribution in [3.8, 4) is 0 Å². The van der Waals surface area contributed by atoms with E-state index in [9.17, 15) is 22.0 Å². The third-order valence-corrected chi connectivity index (χ3v) is 5.98. The summed E-state index contributed by atoms with van der Waals surface area (Å²) in [5, 5.41) is 0.176. The summed E-state index contributed by atoms with van der Waals surface area (Å²) in [6, 6.07) is 4.67. The smallest absolute Gasteiger partial charge is 0.360 e. The van der Waals surface area contributed by atoms with Crippen LogP contribution in [-0.4, -0.2) is 44.4 Å². The zero-order valence-corrected chi connectivity index (χ0v) is 17.5. The molecule has 0 fully saturated rings. The molecule has 27 heavy (non-hydrogen) atoms. The predicted molar refractivity (Wildman–Crippen MR) is 104 cm³/mol. The van der Waals surface area contributed by atoms with Crippen molar-refractivity contribution in [2.45, 2.75) is 12.2 Å². The van der Waals surface area contributed by atoms with Crippen LogP contribution in [0.2, 0.25) is 5.02 Å². The third kappa shape index (κ3) is 5.45. The van der Waals surface area contributed by atoms with Crippen molar-refractivity contribution in [3.05, 3.63) is 50.4 Å². The molecule has 146 valence electrons. The number of benzene rings is 1. The van der Waals surface area contributed by atoms with E-state index in [1.165, 1.54) is 6.07 Å². The molecular formula is C15H13ClF2IN3O4S. The zero-order valence-electron chi connectivity index (χ0n) is 13.8. The first-order chi connectivity index (χ1) is 12.7. The van der Waals surface area contributed by atoms with E-state index in [2.05, 4.69) is 14.7 Å². The van der Waals surface area contributed by atoms with Crippen LogP contribution in [0.3, 0.4) is 0 Å². The van der Waals surface area contributed by atoms with Crippen LogP contribution >= 0.6 is 34.2 Å². The number of aromatic nitrogens is 2. The summed E-state index contributed by atoms with van der Waals surface area (Å²) in [6.07, 6.45) is -0.800. The lowest BCUT2D eigenvalue weighted by molar-refractivity contribution is 0.0594. The number of sulfonamides is 1. The molecule has 0 N–H and O–H groups in total. The van der Waals surface area contributed by atoms with Gasteiger partial charge in [0.1, 0.15) is 0 Å². The summed E-state index contributed by atoms with van der Waals surface area (Å²) in [5.74, 6) is -2.20. The number of ether oxygens (including phenoxy) is 1. The van der Waals surface area contributed by atoms with Gasteiger partial charge in [-0.1, -0.05) is 17.7 Å². The number of methoxy groups -OCH3 is 1. The van der Waals surface area contributed by atoms with Crippen molar-refractivity contribution in [2.24, 2.45) is 0 Å². The summed E-state index contributed by atoms with van der Waals surface area (Å²) in [7, 11) is -3.31. The molecule has 2 aromatic rings. The second-order valence-corrected chi connectivity index (χ2v) is 8.68. The first-order valence-electron chi connectivity index (χ1n) is 7.27. The van der Waals surface area contributed by atoms with Crippen molar-refractivity contribution in [3.63, 3.8) is 0 Å². The summed E-state index contributed by atoms with van der Waals surface area (Å²) in [5.41, 5.74) is -0.266. The maximum atomic E-state index is 13.1. The van der Waals surface area contributed by atoms with E-state index in [1.54, 1.807) is 12.1 Å². The van der Waals surface area contributed by atoms with Gasteiger partial charge in [-0.05, 0) is 40.3 Å². The topological polar surface area (TPSA) is 89.5 Å². The van der Waals surface area contributed by atoms with Crippen molar-refractivity contribution in [1.29, 1.82) is 0 Å². The van der Waals surface area contributed by atoms with Gasteiger partial charge in [-0.2, -0.15) is 0 Å². The minimum absolute atomic E-state index is 0.176. The Kier molecular flexibility index (Phi) is 7.28. The lowest BCUT2D eigenvalue weighted by Gasteiger charge is -2.24. The summed E-state index contributed by atoms with van der Waals surface area (Å²) in [4.78, 5) is 19.3. The fourth-order valence-electron chi connectivity index (χ4n) is 2.12. The molecule has 0 spiro atoms. The monoisotopic (exact) mass is 531 g/mol. The first kappa shape index (κ1) is 21.7.